The molecule has 120 valence electrons. The number of nitrogens with one attached hydrogen (secondary N) is 1. The summed E-state index contributed by atoms with van der Waals surface area (Å²) in [5, 5.41) is 3.02. The first kappa shape index (κ1) is 16.2. The Kier molecular flexibility index (Phi) is 4.31. The maximum atomic E-state index is 12.6. The maximum Gasteiger partial charge on any atom is 0.241 e. The number of nitrogens with zero attached hydrogens (tertiary/aromatic N) is 1. The number of piperidine rings is 1. The summed E-state index contributed by atoms with van der Waals surface area (Å²) in [6.07, 6.45) is 1.72. The van der Waals surface area contributed by atoms with Crippen molar-refractivity contribution < 1.29 is 14.3 Å². The van der Waals surface area contributed by atoms with Crippen molar-refractivity contribution in [1.82, 2.24) is 10.2 Å². The predicted octanol–water partition coefficient (Wildman–Crippen LogP) is 0.256. The van der Waals surface area contributed by atoms with Crippen molar-refractivity contribution in [2.45, 2.75) is 57.7 Å². The highest BCUT2D eigenvalue weighted by Crippen LogP contribution is 2.49. The highest BCUT2D eigenvalue weighted by atomic mass is 16.5. The van der Waals surface area contributed by atoms with Crippen molar-refractivity contribution in [3.8, 4) is 0 Å². The van der Waals surface area contributed by atoms with E-state index < -0.39 is 5.54 Å². The van der Waals surface area contributed by atoms with Crippen LogP contribution >= 0.6 is 0 Å². The fraction of sp³-hybridized carbons (Fsp3) is 0.867. The second kappa shape index (κ2) is 5.57. The van der Waals surface area contributed by atoms with E-state index in [0.717, 1.165) is 0 Å². The summed E-state index contributed by atoms with van der Waals surface area (Å²) in [5.41, 5.74) is 5.07. The van der Waals surface area contributed by atoms with Crippen molar-refractivity contribution in [2.24, 2.45) is 11.1 Å². The van der Waals surface area contributed by atoms with E-state index >= 15 is 0 Å². The van der Waals surface area contributed by atoms with Gasteiger partial charge in [-0.05, 0) is 13.3 Å². The standard InChI is InChI=1S/C15H27N3O3/c1-5-21-11-8-15(16,14(11,2)3)13(20)17-10-6-7-12(19)18(4)9-10/h10-11H,5-9,16H2,1-4H3,(H,17,20). The number of carbonyl (C=O) groups is 2. The molecule has 2 aliphatic rings. The lowest BCUT2D eigenvalue weighted by atomic mass is 9.54. The molecule has 3 atom stereocenters. The van der Waals surface area contributed by atoms with Gasteiger partial charge in [-0.15, -0.1) is 0 Å². The van der Waals surface area contributed by atoms with Gasteiger partial charge < -0.3 is 20.7 Å². The first-order valence-electron chi connectivity index (χ1n) is 7.67. The minimum Gasteiger partial charge on any atom is -0.378 e. The van der Waals surface area contributed by atoms with Crippen molar-refractivity contribution in [3.63, 3.8) is 0 Å². The lowest BCUT2D eigenvalue weighted by molar-refractivity contribution is -0.171. The number of amides is 2. The Hall–Kier alpha value is -1.14. The fourth-order valence-electron chi connectivity index (χ4n) is 3.26. The van der Waals surface area contributed by atoms with Crippen LogP contribution in [0.2, 0.25) is 0 Å². The van der Waals surface area contributed by atoms with Crippen molar-refractivity contribution in [2.75, 3.05) is 20.2 Å². The number of rotatable bonds is 4. The second-order valence-corrected chi connectivity index (χ2v) is 6.82. The molecule has 2 amide bonds. The zero-order chi connectivity index (χ0) is 15.8. The molecule has 3 N–H and O–H groups in total. The Labute approximate surface area is 126 Å². The molecule has 0 aromatic heterocycles. The van der Waals surface area contributed by atoms with Gasteiger partial charge in [0.25, 0.3) is 0 Å². The summed E-state index contributed by atoms with van der Waals surface area (Å²) >= 11 is 0. The van der Waals surface area contributed by atoms with Gasteiger partial charge in [0.15, 0.2) is 0 Å². The maximum absolute atomic E-state index is 12.6. The van der Waals surface area contributed by atoms with Gasteiger partial charge in [0.05, 0.1) is 6.10 Å². The molecule has 0 aromatic carbocycles. The van der Waals surface area contributed by atoms with E-state index in [1.807, 2.05) is 20.8 Å². The summed E-state index contributed by atoms with van der Waals surface area (Å²) < 4.78 is 5.65. The molecule has 0 spiro atoms. The Balaban J connectivity index is 1.96. The molecular weight excluding hydrogens is 270 g/mol. The normalized spacial score (nSPS) is 35.3. The van der Waals surface area contributed by atoms with Crippen molar-refractivity contribution in [3.05, 3.63) is 0 Å². The minimum atomic E-state index is -0.896. The van der Waals surface area contributed by atoms with E-state index in [1.54, 1.807) is 11.9 Å². The van der Waals surface area contributed by atoms with Gasteiger partial charge in [-0.3, -0.25) is 9.59 Å². The van der Waals surface area contributed by atoms with Crippen LogP contribution in [0.5, 0.6) is 0 Å². The van der Waals surface area contributed by atoms with Crippen LogP contribution < -0.4 is 11.1 Å². The second-order valence-electron chi connectivity index (χ2n) is 6.82. The Morgan fingerprint density at radius 2 is 2.19 bits per heavy atom. The lowest BCUT2D eigenvalue weighted by Gasteiger charge is -2.57. The molecule has 1 heterocycles. The summed E-state index contributed by atoms with van der Waals surface area (Å²) in [7, 11) is 1.76. The Morgan fingerprint density at radius 1 is 1.52 bits per heavy atom. The van der Waals surface area contributed by atoms with Crippen LogP contribution in [-0.4, -0.2) is 54.6 Å². The molecule has 0 radical (unpaired) electrons. The molecule has 3 unspecified atom stereocenters. The number of ether oxygens (including phenoxy) is 1. The van der Waals surface area contributed by atoms with Crippen LogP contribution in [-0.2, 0) is 14.3 Å². The summed E-state index contributed by atoms with van der Waals surface area (Å²) in [6.45, 7) is 7.08. The van der Waals surface area contributed by atoms with E-state index in [9.17, 15) is 9.59 Å². The summed E-state index contributed by atoms with van der Waals surface area (Å²) in [5.74, 6) is -0.000420. The number of likely N-dealkylation sites (tertiary alicyclic amines) is 1. The minimum absolute atomic E-state index is 0.0115. The number of nitrogens with two attached hydrogens (primary N) is 1. The third-order valence-electron chi connectivity index (χ3n) is 5.20. The number of likely N-dealkylation sites (N-methyl/N-ethyl adjacent to an activating group) is 1. The quantitative estimate of drug-likeness (QED) is 0.779. The largest absolute Gasteiger partial charge is 0.378 e. The van der Waals surface area contributed by atoms with Gasteiger partial charge in [0, 0.05) is 44.5 Å². The topological polar surface area (TPSA) is 84.7 Å². The third kappa shape index (κ3) is 2.66. The zero-order valence-electron chi connectivity index (χ0n) is 13.4. The molecule has 6 nitrogen and oxygen atoms in total. The molecule has 1 saturated heterocycles. The summed E-state index contributed by atoms with van der Waals surface area (Å²) in [4.78, 5) is 25.7. The van der Waals surface area contributed by atoms with E-state index in [1.165, 1.54) is 0 Å². The third-order valence-corrected chi connectivity index (χ3v) is 5.20. The van der Waals surface area contributed by atoms with Crippen LogP contribution in [0.25, 0.3) is 0 Å². The predicted molar refractivity (Wildman–Crippen MR) is 79.5 cm³/mol. The first-order valence-corrected chi connectivity index (χ1v) is 7.67. The molecule has 1 aliphatic carbocycles. The van der Waals surface area contributed by atoms with E-state index in [2.05, 4.69) is 5.32 Å². The van der Waals surface area contributed by atoms with Crippen LogP contribution in [0.1, 0.15) is 40.0 Å². The smallest absolute Gasteiger partial charge is 0.241 e. The summed E-state index contributed by atoms with van der Waals surface area (Å²) in [6, 6.07) is -0.0115. The van der Waals surface area contributed by atoms with Gasteiger partial charge in [0.1, 0.15) is 5.54 Å². The van der Waals surface area contributed by atoms with Crippen LogP contribution in [0.4, 0.5) is 0 Å². The molecule has 1 saturated carbocycles. The van der Waals surface area contributed by atoms with Crippen LogP contribution in [0.15, 0.2) is 0 Å². The highest BCUT2D eigenvalue weighted by Gasteiger charge is 2.63. The highest BCUT2D eigenvalue weighted by molar-refractivity contribution is 5.89. The van der Waals surface area contributed by atoms with Crippen LogP contribution in [0.3, 0.4) is 0 Å². The van der Waals surface area contributed by atoms with Gasteiger partial charge in [-0.2, -0.15) is 0 Å². The van der Waals surface area contributed by atoms with Gasteiger partial charge >= 0.3 is 0 Å². The van der Waals surface area contributed by atoms with E-state index in [0.29, 0.717) is 32.4 Å². The molecule has 6 heteroatoms. The average Bonchev–Trinajstić information content (AvgIpc) is 2.42. The van der Waals surface area contributed by atoms with Gasteiger partial charge in [-0.25, -0.2) is 0 Å². The van der Waals surface area contributed by atoms with Gasteiger partial charge in [-0.1, -0.05) is 13.8 Å². The molecule has 2 fully saturated rings. The van der Waals surface area contributed by atoms with Crippen molar-refractivity contribution in [1.29, 1.82) is 0 Å². The first-order chi connectivity index (χ1) is 9.72. The molecule has 21 heavy (non-hydrogen) atoms. The van der Waals surface area contributed by atoms with Crippen LogP contribution in [0, 0.1) is 5.41 Å². The van der Waals surface area contributed by atoms with E-state index in [4.69, 9.17) is 10.5 Å². The zero-order valence-corrected chi connectivity index (χ0v) is 13.4. The van der Waals surface area contributed by atoms with Crippen molar-refractivity contribution >= 4 is 11.8 Å². The molecule has 0 bridgehead atoms. The SMILES string of the molecule is CCOC1CC(N)(C(=O)NC2CCC(=O)N(C)C2)C1(C)C. The Morgan fingerprint density at radius 3 is 2.71 bits per heavy atom. The average molecular weight is 297 g/mol. The molecule has 2 rings (SSSR count). The van der Waals surface area contributed by atoms with Gasteiger partial charge in [0.2, 0.25) is 11.8 Å². The molecule has 0 aromatic rings. The lowest BCUT2D eigenvalue weighted by Crippen LogP contribution is -2.76. The fourth-order valence-corrected chi connectivity index (χ4v) is 3.26. The monoisotopic (exact) mass is 297 g/mol. The number of hydrogen-bond donors (Lipinski definition) is 2. The van der Waals surface area contributed by atoms with E-state index in [-0.39, 0.29) is 29.4 Å². The number of hydrogen-bond acceptors (Lipinski definition) is 4. The Bertz CT molecular complexity index is 438. The molecular formula is C15H27N3O3. The number of carbonyl (C=O) groups excluding carboxylic acids is 2. The molecule has 1 aliphatic heterocycles.